The zero-order chi connectivity index (χ0) is 24.6. The van der Waals surface area contributed by atoms with Gasteiger partial charge in [0, 0.05) is 30.3 Å². The number of phenols is 3. The summed E-state index contributed by atoms with van der Waals surface area (Å²) in [6.07, 6.45) is 0. The number of phenolic OH excluding ortho intramolecular Hbond substituents is 3. The number of carbonyl (C=O) groups excluding carboxylic acids is 2. The Balaban J connectivity index is 0.00000342. The maximum absolute atomic E-state index is 12.9. The highest BCUT2D eigenvalue weighted by Crippen LogP contribution is 2.38. The van der Waals surface area contributed by atoms with Crippen molar-refractivity contribution < 1.29 is 24.9 Å². The normalized spacial score (nSPS) is 10.4. The number of guanidine groups is 1. The van der Waals surface area contributed by atoms with Crippen LogP contribution in [0.3, 0.4) is 0 Å². The number of aliphatic imine (C=N–C) groups is 1. The molecule has 35 heavy (non-hydrogen) atoms. The van der Waals surface area contributed by atoms with E-state index in [2.05, 4.69) is 15.0 Å². The molecule has 0 saturated carbocycles. The van der Waals surface area contributed by atoms with Crippen molar-refractivity contribution in [3.8, 4) is 28.5 Å². The minimum absolute atomic E-state index is 0. The fourth-order valence-electron chi connectivity index (χ4n) is 3.33. The number of benzene rings is 2. The molecule has 0 unspecified atom stereocenters. The summed E-state index contributed by atoms with van der Waals surface area (Å²) in [6.45, 7) is 0. The Hall–Kier alpha value is -4.58. The van der Waals surface area contributed by atoms with Gasteiger partial charge in [0.25, 0.3) is 11.8 Å². The summed E-state index contributed by atoms with van der Waals surface area (Å²) < 4.78 is 0. The number of fused-ring (bicyclic) bond motifs is 1. The molecular weight excluding hydrogens is 520 g/mol. The van der Waals surface area contributed by atoms with E-state index < -0.39 is 29.1 Å². The van der Waals surface area contributed by atoms with Crippen LogP contribution in [0.1, 0.15) is 20.8 Å². The van der Waals surface area contributed by atoms with Crippen molar-refractivity contribution in [1.82, 2.24) is 9.97 Å². The minimum atomic E-state index is -0.666. The van der Waals surface area contributed by atoms with E-state index in [1.807, 2.05) is 0 Å². The summed E-state index contributed by atoms with van der Waals surface area (Å²) in [7, 11) is 1.46. The van der Waals surface area contributed by atoms with E-state index in [-0.39, 0.29) is 34.3 Å². The van der Waals surface area contributed by atoms with Crippen LogP contribution in [-0.2, 0) is 0 Å². The highest BCUT2D eigenvalue weighted by molar-refractivity contribution is 8.93. The van der Waals surface area contributed by atoms with Gasteiger partial charge in [0.2, 0.25) is 0 Å². The van der Waals surface area contributed by atoms with Gasteiger partial charge < -0.3 is 36.7 Å². The predicted molar refractivity (Wildman–Crippen MR) is 136 cm³/mol. The van der Waals surface area contributed by atoms with E-state index in [4.69, 9.17) is 11.5 Å². The van der Waals surface area contributed by atoms with Gasteiger partial charge in [-0.3, -0.25) is 9.59 Å². The van der Waals surface area contributed by atoms with Crippen LogP contribution >= 0.6 is 17.0 Å². The molecule has 2 aromatic carbocycles. The van der Waals surface area contributed by atoms with Crippen LogP contribution in [0.4, 0.5) is 5.69 Å². The molecule has 4 rings (SSSR count). The molecule has 12 heteroatoms. The largest absolute Gasteiger partial charge is 0.504 e. The van der Waals surface area contributed by atoms with Crippen LogP contribution in [0.5, 0.6) is 17.2 Å². The maximum Gasteiger partial charge on any atom is 0.280 e. The molecule has 180 valence electrons. The topological polar surface area (TPSA) is 191 Å². The van der Waals surface area contributed by atoms with E-state index in [0.29, 0.717) is 22.3 Å². The first-order valence-electron chi connectivity index (χ1n) is 9.91. The van der Waals surface area contributed by atoms with E-state index in [9.17, 15) is 24.9 Å². The molecule has 0 spiro atoms. The van der Waals surface area contributed by atoms with Gasteiger partial charge in [0.05, 0.1) is 22.4 Å². The molecule has 0 fully saturated rings. The second-order valence-corrected chi connectivity index (χ2v) is 7.43. The minimum Gasteiger partial charge on any atom is -0.504 e. The Bertz CT molecular complexity index is 1440. The summed E-state index contributed by atoms with van der Waals surface area (Å²) in [5.74, 6) is -3.09. The summed E-state index contributed by atoms with van der Waals surface area (Å²) >= 11 is 0. The number of anilines is 1. The number of nitrogens with one attached hydrogen (secondary N) is 1. The average molecular weight is 541 g/mol. The van der Waals surface area contributed by atoms with Crippen LogP contribution in [0, 0.1) is 0 Å². The lowest BCUT2D eigenvalue weighted by Crippen LogP contribution is -2.26. The van der Waals surface area contributed by atoms with Gasteiger partial charge in [0.1, 0.15) is 5.69 Å². The summed E-state index contributed by atoms with van der Waals surface area (Å²) in [5, 5.41) is 28.9. The number of carbonyl (C=O) groups is 2. The second kappa shape index (κ2) is 9.73. The molecule has 0 atom stereocenters. The number of pyridine rings is 1. The molecule has 0 aliphatic rings. The Labute approximate surface area is 209 Å². The number of hydrogen-bond acceptors (Lipinski definition) is 6. The number of hydrogen-bond donors (Lipinski definition) is 6. The zero-order valence-corrected chi connectivity index (χ0v) is 20.0. The Morgan fingerprint density at radius 2 is 1.60 bits per heavy atom. The van der Waals surface area contributed by atoms with E-state index in [1.165, 1.54) is 11.9 Å². The standard InChI is InChI=1S/C23H20N6O5.BrH/c1-29(13-8-18(30)20(32)19(31)9-13)22(34)17-10-16-15(27-17)7-6-14(26-16)11-2-4-12(5-3-11)21(33)28-23(24)25;/h2-10,27,30-32H,1H3,(H4,24,25,28,33);1H. The molecule has 0 radical (unpaired) electrons. The third-order valence-corrected chi connectivity index (χ3v) is 5.11. The van der Waals surface area contributed by atoms with Crippen LogP contribution in [0.25, 0.3) is 22.3 Å². The molecule has 0 bridgehead atoms. The Kier molecular flexibility index (Phi) is 6.96. The number of halogens is 1. The number of nitrogens with two attached hydrogens (primary N) is 2. The van der Waals surface area contributed by atoms with Crippen molar-refractivity contribution in [3.63, 3.8) is 0 Å². The highest BCUT2D eigenvalue weighted by Gasteiger charge is 2.19. The van der Waals surface area contributed by atoms with Crippen molar-refractivity contribution in [1.29, 1.82) is 0 Å². The van der Waals surface area contributed by atoms with Crippen LogP contribution < -0.4 is 16.4 Å². The first-order valence-corrected chi connectivity index (χ1v) is 9.91. The van der Waals surface area contributed by atoms with E-state index in [1.54, 1.807) is 42.5 Å². The lowest BCUT2D eigenvalue weighted by molar-refractivity contribution is 0.0985. The fraction of sp³-hybridized carbons (Fsp3) is 0.0435. The first-order chi connectivity index (χ1) is 16.1. The van der Waals surface area contributed by atoms with Crippen molar-refractivity contribution in [3.05, 3.63) is 65.9 Å². The number of aromatic amines is 1. The molecule has 4 aromatic rings. The number of nitrogens with zero attached hydrogens (tertiary/aromatic N) is 3. The number of amides is 2. The summed E-state index contributed by atoms with van der Waals surface area (Å²) in [5.41, 5.74) is 13.7. The number of rotatable bonds is 4. The summed E-state index contributed by atoms with van der Waals surface area (Å²) in [4.78, 5) is 37.1. The lowest BCUT2D eigenvalue weighted by Gasteiger charge is -2.17. The quantitative estimate of drug-likeness (QED) is 0.129. The molecule has 8 N–H and O–H groups in total. The van der Waals surface area contributed by atoms with Gasteiger partial charge in [-0.2, -0.15) is 4.99 Å². The third kappa shape index (κ3) is 5.01. The Morgan fingerprint density at radius 3 is 2.20 bits per heavy atom. The SMILES string of the molecule is Br.CN(C(=O)c1cc2nc(-c3ccc(C(=O)N=C(N)N)cc3)ccc2[nH]1)c1cc(O)c(O)c(O)c1. The number of aromatic hydroxyl groups is 3. The molecule has 11 nitrogen and oxygen atoms in total. The molecule has 2 amide bonds. The van der Waals surface area contributed by atoms with Gasteiger partial charge in [-0.25, -0.2) is 4.98 Å². The first kappa shape index (κ1) is 25.1. The monoisotopic (exact) mass is 540 g/mol. The van der Waals surface area contributed by atoms with Crippen molar-refractivity contribution >= 4 is 51.5 Å². The van der Waals surface area contributed by atoms with Gasteiger partial charge in [-0.05, 0) is 30.3 Å². The van der Waals surface area contributed by atoms with E-state index in [0.717, 1.165) is 17.7 Å². The van der Waals surface area contributed by atoms with Crippen LogP contribution in [-0.4, -0.2) is 50.1 Å². The lowest BCUT2D eigenvalue weighted by atomic mass is 10.1. The van der Waals surface area contributed by atoms with Crippen molar-refractivity contribution in [2.45, 2.75) is 0 Å². The fourth-order valence-corrected chi connectivity index (χ4v) is 3.33. The average Bonchev–Trinajstić information content (AvgIpc) is 3.24. The van der Waals surface area contributed by atoms with Gasteiger partial charge in [-0.1, -0.05) is 12.1 Å². The van der Waals surface area contributed by atoms with Gasteiger partial charge in [0.15, 0.2) is 23.2 Å². The van der Waals surface area contributed by atoms with Crippen molar-refractivity contribution in [2.24, 2.45) is 16.5 Å². The molecule has 0 aliphatic carbocycles. The number of H-pyrrole nitrogens is 1. The zero-order valence-electron chi connectivity index (χ0n) is 18.3. The summed E-state index contributed by atoms with van der Waals surface area (Å²) in [6, 6.07) is 14.0. The van der Waals surface area contributed by atoms with Crippen molar-refractivity contribution in [2.75, 3.05) is 11.9 Å². The predicted octanol–water partition coefficient (Wildman–Crippen LogP) is 2.61. The van der Waals surface area contributed by atoms with E-state index >= 15 is 0 Å². The highest BCUT2D eigenvalue weighted by atomic mass is 79.9. The smallest absolute Gasteiger partial charge is 0.280 e. The van der Waals surface area contributed by atoms with Gasteiger partial charge >= 0.3 is 0 Å². The van der Waals surface area contributed by atoms with Gasteiger partial charge in [-0.15, -0.1) is 17.0 Å². The van der Waals surface area contributed by atoms with Crippen LogP contribution in [0.2, 0.25) is 0 Å². The van der Waals surface area contributed by atoms with Crippen LogP contribution in [0.15, 0.2) is 59.6 Å². The maximum atomic E-state index is 12.9. The Morgan fingerprint density at radius 1 is 0.971 bits per heavy atom. The third-order valence-electron chi connectivity index (χ3n) is 5.11. The second-order valence-electron chi connectivity index (χ2n) is 7.43. The molecule has 0 aliphatic heterocycles. The molecule has 0 saturated heterocycles. The molecular formula is C23H21BrN6O5. The number of aromatic nitrogens is 2. The molecule has 2 heterocycles. The molecule has 2 aromatic heterocycles.